The van der Waals surface area contributed by atoms with Crippen molar-refractivity contribution in [3.63, 3.8) is 0 Å². The Morgan fingerprint density at radius 3 is 2.56 bits per heavy atom. The zero-order valence-corrected chi connectivity index (χ0v) is 20.2. The molecule has 0 aliphatic carbocycles. The second kappa shape index (κ2) is 11.8. The molecule has 34 heavy (non-hydrogen) atoms. The molecule has 2 amide bonds. The second-order valence-corrected chi connectivity index (χ2v) is 9.20. The van der Waals surface area contributed by atoms with Crippen LogP contribution in [0.25, 0.3) is 0 Å². The van der Waals surface area contributed by atoms with Crippen LogP contribution in [0.5, 0.6) is 5.75 Å². The van der Waals surface area contributed by atoms with E-state index >= 15 is 0 Å². The first-order valence-corrected chi connectivity index (χ1v) is 12.4. The Morgan fingerprint density at radius 2 is 1.76 bits per heavy atom. The molecule has 0 saturated carbocycles. The molecule has 8 heteroatoms. The number of hydrogen-bond acceptors (Lipinski definition) is 4. The maximum atomic E-state index is 13.1. The number of rotatable bonds is 7. The van der Waals surface area contributed by atoms with Gasteiger partial charge in [-0.15, -0.1) is 0 Å². The first kappa shape index (κ1) is 24.0. The van der Waals surface area contributed by atoms with Gasteiger partial charge >= 0.3 is 0 Å². The van der Waals surface area contributed by atoms with Crippen molar-refractivity contribution < 1.29 is 14.3 Å². The van der Waals surface area contributed by atoms with Gasteiger partial charge in [-0.1, -0.05) is 36.4 Å². The Hall–Kier alpha value is -3.13. The van der Waals surface area contributed by atoms with Crippen LogP contribution in [0, 0.1) is 0 Å². The summed E-state index contributed by atoms with van der Waals surface area (Å²) in [7, 11) is 0. The number of ether oxygens (including phenoxy) is 1. The number of benzene rings is 2. The zero-order chi connectivity index (χ0) is 23.8. The van der Waals surface area contributed by atoms with Gasteiger partial charge in [-0.3, -0.25) is 9.59 Å². The third-order valence-electron chi connectivity index (χ3n) is 6.21. The van der Waals surface area contributed by atoms with E-state index in [4.69, 9.17) is 17.0 Å². The monoisotopic (exact) mass is 480 g/mol. The molecule has 2 N–H and O–H groups in total. The first-order chi connectivity index (χ1) is 16.6. The van der Waals surface area contributed by atoms with E-state index in [1.807, 2.05) is 59.5 Å². The average Bonchev–Trinajstić information content (AvgIpc) is 3.34. The lowest BCUT2D eigenvalue weighted by Crippen LogP contribution is -2.51. The van der Waals surface area contributed by atoms with E-state index in [1.165, 1.54) is 0 Å². The number of carbonyl (C=O) groups is 2. The number of amides is 2. The molecule has 0 radical (unpaired) electrons. The average molecular weight is 481 g/mol. The summed E-state index contributed by atoms with van der Waals surface area (Å²) in [6, 6.07) is 17.1. The van der Waals surface area contributed by atoms with Crippen molar-refractivity contribution in [3.8, 4) is 5.75 Å². The highest BCUT2D eigenvalue weighted by atomic mass is 32.1. The largest absolute Gasteiger partial charge is 0.489 e. The Bertz CT molecular complexity index is 995. The fourth-order valence-corrected chi connectivity index (χ4v) is 4.62. The third kappa shape index (κ3) is 6.70. The molecule has 180 valence electrons. The summed E-state index contributed by atoms with van der Waals surface area (Å²) in [6.07, 6.45) is 4.57. The van der Waals surface area contributed by atoms with Crippen LogP contribution in [0.2, 0.25) is 0 Å². The van der Waals surface area contributed by atoms with Gasteiger partial charge in [0, 0.05) is 31.4 Å². The van der Waals surface area contributed by atoms with E-state index < -0.39 is 6.04 Å². The molecular weight excluding hydrogens is 448 g/mol. The number of carbonyl (C=O) groups excluding carboxylic acids is 2. The smallest absolute Gasteiger partial charge is 0.245 e. The van der Waals surface area contributed by atoms with Gasteiger partial charge in [0.2, 0.25) is 11.8 Å². The Balaban J connectivity index is 1.30. The van der Waals surface area contributed by atoms with Crippen molar-refractivity contribution >= 4 is 34.8 Å². The van der Waals surface area contributed by atoms with Crippen LogP contribution in [-0.4, -0.2) is 58.9 Å². The predicted octanol–water partition coefficient (Wildman–Crippen LogP) is 3.56. The number of nitrogens with zero attached hydrogens (tertiary/aromatic N) is 2. The van der Waals surface area contributed by atoms with E-state index in [-0.39, 0.29) is 18.4 Å². The third-order valence-corrected chi connectivity index (χ3v) is 6.43. The Labute approximate surface area is 206 Å². The van der Waals surface area contributed by atoms with Crippen LogP contribution in [0.3, 0.4) is 0 Å². The quantitative estimate of drug-likeness (QED) is 0.591. The SMILES string of the molecule is O=C(CN1CCCCC(NC(=S)Nc2cccc(OCc3ccccc3)c2)C1=O)N1CCCC1. The minimum atomic E-state index is -0.439. The molecule has 0 aromatic heterocycles. The van der Waals surface area contributed by atoms with Gasteiger partial charge in [-0.2, -0.15) is 0 Å². The molecule has 2 heterocycles. The minimum Gasteiger partial charge on any atom is -0.489 e. The molecule has 2 aliphatic heterocycles. The summed E-state index contributed by atoms with van der Waals surface area (Å²) in [4.78, 5) is 29.3. The summed E-state index contributed by atoms with van der Waals surface area (Å²) in [6.45, 7) is 2.83. The second-order valence-electron chi connectivity index (χ2n) is 8.80. The maximum Gasteiger partial charge on any atom is 0.245 e. The van der Waals surface area contributed by atoms with Crippen LogP contribution in [0.4, 0.5) is 5.69 Å². The summed E-state index contributed by atoms with van der Waals surface area (Å²) in [5.74, 6) is 0.711. The zero-order valence-electron chi connectivity index (χ0n) is 19.4. The maximum absolute atomic E-state index is 13.1. The van der Waals surface area contributed by atoms with Crippen LogP contribution in [0.15, 0.2) is 54.6 Å². The van der Waals surface area contributed by atoms with Gasteiger partial charge in [0.15, 0.2) is 5.11 Å². The van der Waals surface area contributed by atoms with Crippen molar-refractivity contribution in [1.29, 1.82) is 0 Å². The summed E-state index contributed by atoms with van der Waals surface area (Å²) in [5, 5.41) is 6.71. The molecule has 2 aliphatic rings. The lowest BCUT2D eigenvalue weighted by Gasteiger charge is -2.27. The Kier molecular flexibility index (Phi) is 8.36. The van der Waals surface area contributed by atoms with Gasteiger partial charge in [0.1, 0.15) is 18.4 Å². The van der Waals surface area contributed by atoms with Crippen molar-refractivity contribution in [1.82, 2.24) is 15.1 Å². The van der Waals surface area contributed by atoms with Gasteiger partial charge in [0.25, 0.3) is 0 Å². The molecule has 7 nitrogen and oxygen atoms in total. The first-order valence-electron chi connectivity index (χ1n) is 12.0. The lowest BCUT2D eigenvalue weighted by atomic mass is 10.1. The van der Waals surface area contributed by atoms with E-state index in [9.17, 15) is 9.59 Å². The van der Waals surface area contributed by atoms with E-state index in [1.54, 1.807) is 4.90 Å². The Morgan fingerprint density at radius 1 is 1.00 bits per heavy atom. The van der Waals surface area contributed by atoms with Crippen molar-refractivity contribution in [3.05, 3.63) is 60.2 Å². The van der Waals surface area contributed by atoms with E-state index in [0.717, 1.165) is 55.8 Å². The van der Waals surface area contributed by atoms with Gasteiger partial charge in [-0.25, -0.2) is 0 Å². The van der Waals surface area contributed by atoms with Crippen molar-refractivity contribution in [2.75, 3.05) is 31.5 Å². The molecule has 2 aromatic carbocycles. The molecule has 0 spiro atoms. The molecule has 2 fully saturated rings. The highest BCUT2D eigenvalue weighted by Crippen LogP contribution is 2.19. The standard InChI is InChI=1S/C26H32N4O3S/c31-24(29-14-6-7-15-29)18-30-16-5-4-13-23(25(30)32)28-26(34)27-21-11-8-12-22(17-21)33-19-20-9-2-1-3-10-20/h1-3,8-12,17,23H,4-7,13-16,18-19H2,(H2,27,28,34). The highest BCUT2D eigenvalue weighted by molar-refractivity contribution is 7.80. The molecule has 4 rings (SSSR count). The van der Waals surface area contributed by atoms with Crippen molar-refractivity contribution in [2.24, 2.45) is 0 Å². The lowest BCUT2D eigenvalue weighted by molar-refractivity contribution is -0.140. The topological polar surface area (TPSA) is 73.9 Å². The van der Waals surface area contributed by atoms with Crippen molar-refractivity contribution in [2.45, 2.75) is 44.8 Å². The molecule has 2 aromatic rings. The minimum absolute atomic E-state index is 0.0412. The molecule has 0 bridgehead atoms. The number of likely N-dealkylation sites (tertiary alicyclic amines) is 2. The van der Waals surface area contributed by atoms with Crippen LogP contribution in [-0.2, 0) is 16.2 Å². The van der Waals surface area contributed by atoms with E-state index in [2.05, 4.69) is 10.6 Å². The molecular formula is C26H32N4O3S. The van der Waals surface area contributed by atoms with Gasteiger partial charge < -0.3 is 25.2 Å². The molecule has 1 unspecified atom stereocenters. The predicted molar refractivity (Wildman–Crippen MR) is 137 cm³/mol. The van der Waals surface area contributed by atoms with E-state index in [0.29, 0.717) is 24.7 Å². The number of thiocarbonyl (C=S) groups is 1. The fraction of sp³-hybridized carbons (Fsp3) is 0.423. The number of nitrogens with one attached hydrogen (secondary N) is 2. The fourth-order valence-electron chi connectivity index (χ4n) is 4.36. The van der Waals surface area contributed by atoms with Crippen LogP contribution < -0.4 is 15.4 Å². The number of anilines is 1. The highest BCUT2D eigenvalue weighted by Gasteiger charge is 2.30. The molecule has 2 saturated heterocycles. The summed E-state index contributed by atoms with van der Waals surface area (Å²) in [5.41, 5.74) is 1.88. The van der Waals surface area contributed by atoms with Gasteiger partial charge in [-0.05, 0) is 62.0 Å². The van der Waals surface area contributed by atoms with Gasteiger partial charge in [0.05, 0.1) is 6.54 Å². The number of hydrogen-bond donors (Lipinski definition) is 2. The normalized spacial score (nSPS) is 18.4. The van der Waals surface area contributed by atoms with Crippen LogP contribution in [0.1, 0.15) is 37.7 Å². The summed E-state index contributed by atoms with van der Waals surface area (Å²) >= 11 is 5.50. The van der Waals surface area contributed by atoms with Crippen LogP contribution >= 0.6 is 12.2 Å². The molecule has 1 atom stereocenters. The summed E-state index contributed by atoms with van der Waals surface area (Å²) < 4.78 is 5.89.